The second kappa shape index (κ2) is 11.0. The molecule has 3 rings (SSSR count). The maximum absolute atomic E-state index is 13.6. The fourth-order valence-corrected chi connectivity index (χ4v) is 4.36. The number of fused-ring (bicyclic) bond motifs is 1. The molecular weight excluding hydrogens is 432 g/mol. The SMILES string of the molecule is CC(C)=CCC/C(C)=C/CN1C(=O)[C@](O)([C@H](C)/C=C/CCO)c2cc(N3CCOC3=O)ccc21. The maximum Gasteiger partial charge on any atom is 0.414 e. The molecule has 7 nitrogen and oxygen atoms in total. The second-order valence-corrected chi connectivity index (χ2v) is 9.25. The molecule has 2 aliphatic rings. The van der Waals surface area contributed by atoms with Gasteiger partial charge in [-0.1, -0.05) is 42.4 Å². The van der Waals surface area contributed by atoms with Crippen molar-refractivity contribution in [3.63, 3.8) is 0 Å². The van der Waals surface area contributed by atoms with E-state index in [1.54, 1.807) is 42.2 Å². The first-order valence-electron chi connectivity index (χ1n) is 11.9. The molecule has 2 N–H and O–H groups in total. The summed E-state index contributed by atoms with van der Waals surface area (Å²) in [4.78, 5) is 28.8. The van der Waals surface area contributed by atoms with Crippen LogP contribution in [0.3, 0.4) is 0 Å². The number of amides is 2. The summed E-state index contributed by atoms with van der Waals surface area (Å²) in [7, 11) is 0. The third-order valence-electron chi connectivity index (χ3n) is 6.42. The number of carbonyl (C=O) groups excluding carboxylic acids is 2. The first-order chi connectivity index (χ1) is 16.2. The third kappa shape index (κ3) is 5.26. The Morgan fingerprint density at radius 1 is 1.21 bits per heavy atom. The smallest absolute Gasteiger partial charge is 0.414 e. The fraction of sp³-hybridized carbons (Fsp3) is 0.481. The molecule has 1 aromatic rings. The van der Waals surface area contributed by atoms with Crippen molar-refractivity contribution in [2.75, 3.05) is 36.1 Å². The van der Waals surface area contributed by atoms with Crippen LogP contribution in [0.5, 0.6) is 0 Å². The van der Waals surface area contributed by atoms with Crippen LogP contribution in [0.4, 0.5) is 16.2 Å². The van der Waals surface area contributed by atoms with Crippen LogP contribution in [0.25, 0.3) is 0 Å². The van der Waals surface area contributed by atoms with E-state index in [4.69, 9.17) is 9.84 Å². The van der Waals surface area contributed by atoms with Crippen molar-refractivity contribution in [3.8, 4) is 0 Å². The van der Waals surface area contributed by atoms with E-state index >= 15 is 0 Å². The fourth-order valence-electron chi connectivity index (χ4n) is 4.36. The zero-order chi connectivity index (χ0) is 24.9. The van der Waals surface area contributed by atoms with Crippen LogP contribution in [0.15, 0.2) is 53.6 Å². The number of carbonyl (C=O) groups is 2. The molecule has 1 fully saturated rings. The van der Waals surface area contributed by atoms with Gasteiger partial charge >= 0.3 is 6.09 Å². The predicted octanol–water partition coefficient (Wildman–Crippen LogP) is 4.44. The molecule has 0 radical (unpaired) electrons. The Bertz CT molecular complexity index is 1010. The summed E-state index contributed by atoms with van der Waals surface area (Å²) >= 11 is 0. The van der Waals surface area contributed by atoms with Crippen LogP contribution in [0.2, 0.25) is 0 Å². The molecule has 1 saturated heterocycles. The number of nitrogens with zero attached hydrogens (tertiary/aromatic N) is 2. The monoisotopic (exact) mass is 468 g/mol. The minimum Gasteiger partial charge on any atom is -0.447 e. The summed E-state index contributed by atoms with van der Waals surface area (Å²) in [5.41, 5.74) is 2.39. The Kier molecular flexibility index (Phi) is 8.33. The number of aliphatic hydroxyl groups excluding tert-OH is 1. The Hall–Kier alpha value is -2.90. The van der Waals surface area contributed by atoms with Crippen molar-refractivity contribution in [3.05, 3.63) is 59.2 Å². The largest absolute Gasteiger partial charge is 0.447 e. The van der Waals surface area contributed by atoms with Crippen molar-refractivity contribution in [2.45, 2.75) is 52.6 Å². The summed E-state index contributed by atoms with van der Waals surface area (Å²) in [5, 5.41) is 20.9. The molecule has 0 aromatic heterocycles. The lowest BCUT2D eigenvalue weighted by Crippen LogP contribution is -2.44. The van der Waals surface area contributed by atoms with Crippen LogP contribution in [0, 0.1) is 5.92 Å². The molecule has 2 amide bonds. The molecule has 184 valence electrons. The molecule has 2 atom stereocenters. The van der Waals surface area contributed by atoms with Gasteiger partial charge in [0, 0.05) is 30.3 Å². The number of benzene rings is 1. The molecule has 0 bridgehead atoms. The van der Waals surface area contributed by atoms with Gasteiger partial charge in [-0.2, -0.15) is 0 Å². The minimum atomic E-state index is -1.77. The average Bonchev–Trinajstić information content (AvgIpc) is 3.32. The Labute approximate surface area is 202 Å². The number of allylic oxidation sites excluding steroid dienone is 3. The second-order valence-electron chi connectivity index (χ2n) is 9.25. The van der Waals surface area contributed by atoms with Crippen molar-refractivity contribution in [1.82, 2.24) is 0 Å². The number of rotatable bonds is 10. The van der Waals surface area contributed by atoms with Gasteiger partial charge in [-0.15, -0.1) is 0 Å². The van der Waals surface area contributed by atoms with Crippen LogP contribution in [-0.4, -0.2) is 48.5 Å². The Balaban J connectivity index is 1.95. The molecule has 2 aliphatic heterocycles. The lowest BCUT2D eigenvalue weighted by Gasteiger charge is -2.28. The first kappa shape index (κ1) is 25.7. The third-order valence-corrected chi connectivity index (χ3v) is 6.42. The van der Waals surface area contributed by atoms with E-state index in [1.807, 2.05) is 6.08 Å². The highest BCUT2D eigenvalue weighted by Gasteiger charge is 2.52. The molecule has 34 heavy (non-hydrogen) atoms. The average molecular weight is 469 g/mol. The Morgan fingerprint density at radius 2 is 1.97 bits per heavy atom. The topological polar surface area (TPSA) is 90.3 Å². The van der Waals surface area contributed by atoms with E-state index in [0.29, 0.717) is 43.1 Å². The maximum atomic E-state index is 13.6. The van der Waals surface area contributed by atoms with E-state index < -0.39 is 23.5 Å². The molecule has 7 heteroatoms. The van der Waals surface area contributed by atoms with Crippen LogP contribution >= 0.6 is 0 Å². The minimum absolute atomic E-state index is 0.00363. The molecule has 0 spiro atoms. The zero-order valence-electron chi connectivity index (χ0n) is 20.6. The normalized spacial score (nSPS) is 21.3. The lowest BCUT2D eigenvalue weighted by atomic mass is 9.82. The molecule has 0 unspecified atom stereocenters. The number of hydrogen-bond acceptors (Lipinski definition) is 5. The summed E-state index contributed by atoms with van der Waals surface area (Å²) in [6.45, 7) is 9.07. The molecule has 0 saturated carbocycles. The molecular formula is C27H36N2O5. The quantitative estimate of drug-likeness (QED) is 0.495. The molecule has 2 heterocycles. The number of ether oxygens (including phenoxy) is 1. The van der Waals surface area contributed by atoms with Crippen LogP contribution in [-0.2, 0) is 15.1 Å². The van der Waals surface area contributed by atoms with Gasteiger partial charge in [0.25, 0.3) is 5.91 Å². The van der Waals surface area contributed by atoms with Crippen molar-refractivity contribution >= 4 is 23.4 Å². The number of hydrogen-bond donors (Lipinski definition) is 2. The van der Waals surface area contributed by atoms with Gasteiger partial charge in [0.05, 0.1) is 12.2 Å². The van der Waals surface area contributed by atoms with E-state index in [9.17, 15) is 14.7 Å². The summed E-state index contributed by atoms with van der Waals surface area (Å²) < 4.78 is 5.06. The highest BCUT2D eigenvalue weighted by molar-refractivity contribution is 6.08. The predicted molar refractivity (Wildman–Crippen MR) is 134 cm³/mol. The first-order valence-corrected chi connectivity index (χ1v) is 11.9. The van der Waals surface area contributed by atoms with Gasteiger partial charge in [-0.05, 0) is 58.2 Å². The van der Waals surface area contributed by atoms with E-state index in [-0.39, 0.29) is 6.61 Å². The van der Waals surface area contributed by atoms with Gasteiger partial charge < -0.3 is 19.8 Å². The van der Waals surface area contributed by atoms with Gasteiger partial charge in [0.15, 0.2) is 5.60 Å². The van der Waals surface area contributed by atoms with Gasteiger partial charge in [0.2, 0.25) is 0 Å². The lowest BCUT2D eigenvalue weighted by molar-refractivity contribution is -0.139. The highest BCUT2D eigenvalue weighted by Crippen LogP contribution is 2.46. The highest BCUT2D eigenvalue weighted by atomic mass is 16.6. The standard InChI is InChI=1S/C27H36N2O5/c1-19(2)8-7-9-20(3)13-14-29-24-12-11-22(28-15-17-34-26(28)32)18-23(24)27(33,25(29)31)21(4)10-5-6-16-30/h5,8,10-13,18,21,30,33H,6-7,9,14-17H2,1-4H3/b10-5+,20-13+/t21-,27+/m1/s1. The summed E-state index contributed by atoms with van der Waals surface area (Å²) in [6.07, 6.45) is 9.61. The Morgan fingerprint density at radius 3 is 2.62 bits per heavy atom. The summed E-state index contributed by atoms with van der Waals surface area (Å²) in [6, 6.07) is 5.30. The van der Waals surface area contributed by atoms with Crippen LogP contribution in [0.1, 0.15) is 52.5 Å². The molecule has 1 aromatic carbocycles. The van der Waals surface area contributed by atoms with Crippen molar-refractivity contribution in [1.29, 1.82) is 0 Å². The van der Waals surface area contributed by atoms with E-state index in [1.165, 1.54) is 16.0 Å². The van der Waals surface area contributed by atoms with Gasteiger partial charge in [-0.3, -0.25) is 9.69 Å². The number of cyclic esters (lactones) is 1. The molecule has 0 aliphatic carbocycles. The number of anilines is 2. The number of aliphatic hydroxyl groups is 2. The van der Waals surface area contributed by atoms with E-state index in [2.05, 4.69) is 26.8 Å². The van der Waals surface area contributed by atoms with Crippen molar-refractivity contribution in [2.24, 2.45) is 5.92 Å². The van der Waals surface area contributed by atoms with E-state index in [0.717, 1.165) is 12.8 Å². The zero-order valence-corrected chi connectivity index (χ0v) is 20.6. The van der Waals surface area contributed by atoms with Crippen molar-refractivity contribution < 1.29 is 24.5 Å². The van der Waals surface area contributed by atoms with Gasteiger partial charge in [0.1, 0.15) is 6.61 Å². The van der Waals surface area contributed by atoms with Crippen LogP contribution < -0.4 is 9.80 Å². The van der Waals surface area contributed by atoms with Gasteiger partial charge in [-0.25, -0.2) is 4.79 Å². The summed E-state index contributed by atoms with van der Waals surface area (Å²) in [5.74, 6) is -0.919.